The zero-order valence-corrected chi connectivity index (χ0v) is 14.5. The van der Waals surface area contributed by atoms with E-state index in [4.69, 9.17) is 0 Å². The van der Waals surface area contributed by atoms with Gasteiger partial charge in [0.25, 0.3) is 0 Å². The highest BCUT2D eigenvalue weighted by molar-refractivity contribution is 5.41. The zero-order chi connectivity index (χ0) is 17.2. The van der Waals surface area contributed by atoms with Gasteiger partial charge >= 0.3 is 0 Å². The van der Waals surface area contributed by atoms with Crippen molar-refractivity contribution in [2.24, 2.45) is 0 Å². The van der Waals surface area contributed by atoms with Gasteiger partial charge in [-0.3, -0.25) is 0 Å². The van der Waals surface area contributed by atoms with Gasteiger partial charge in [0.2, 0.25) is 0 Å². The number of rotatable bonds is 4. The van der Waals surface area contributed by atoms with Crippen LogP contribution in [0.15, 0.2) is 61.2 Å². The van der Waals surface area contributed by atoms with E-state index < -0.39 is 0 Å². The number of hydrogen-bond acceptors (Lipinski definition) is 1. The van der Waals surface area contributed by atoms with Gasteiger partial charge in [0.15, 0.2) is 0 Å². The summed E-state index contributed by atoms with van der Waals surface area (Å²) >= 11 is 0. The largest absolute Gasteiger partial charge is 0.326 e. The summed E-state index contributed by atoms with van der Waals surface area (Å²) in [5.41, 5.74) is 5.05. The zero-order valence-electron chi connectivity index (χ0n) is 14.5. The monoisotopic (exact) mass is 334 g/mol. The molecule has 1 atom stereocenters. The van der Waals surface area contributed by atoms with Gasteiger partial charge in [-0.25, -0.2) is 9.37 Å². The van der Waals surface area contributed by atoms with Crippen LogP contribution in [0, 0.1) is 12.7 Å². The average Bonchev–Trinajstić information content (AvgIpc) is 3.32. The molecule has 3 aromatic rings. The molecule has 128 valence electrons. The first-order valence-corrected chi connectivity index (χ1v) is 9.06. The molecule has 0 radical (unpaired) electrons. The Hall–Kier alpha value is -2.42. The van der Waals surface area contributed by atoms with E-state index in [-0.39, 0.29) is 11.9 Å². The molecule has 1 unspecified atom stereocenters. The molecule has 0 amide bonds. The van der Waals surface area contributed by atoms with E-state index in [1.165, 1.54) is 54.5 Å². The van der Waals surface area contributed by atoms with Crippen molar-refractivity contribution in [3.63, 3.8) is 0 Å². The predicted molar refractivity (Wildman–Crippen MR) is 98.3 cm³/mol. The molecule has 2 nitrogen and oxygen atoms in total. The smallest absolute Gasteiger partial charge is 0.123 e. The molecular formula is C22H23FN2. The second kappa shape index (κ2) is 6.83. The minimum atomic E-state index is -0.207. The molecular weight excluding hydrogens is 311 g/mol. The van der Waals surface area contributed by atoms with Crippen LogP contribution >= 0.6 is 0 Å². The van der Waals surface area contributed by atoms with Gasteiger partial charge in [-0.2, -0.15) is 0 Å². The summed E-state index contributed by atoms with van der Waals surface area (Å²) in [6.45, 7) is 2.18. The third kappa shape index (κ3) is 3.23. The van der Waals surface area contributed by atoms with Crippen LogP contribution in [0.5, 0.6) is 0 Å². The third-order valence-corrected chi connectivity index (χ3v) is 5.42. The van der Waals surface area contributed by atoms with E-state index in [1.807, 2.05) is 24.7 Å². The molecule has 0 spiro atoms. The lowest BCUT2D eigenvalue weighted by Crippen LogP contribution is -2.12. The Balaban J connectivity index is 1.75. The lowest BCUT2D eigenvalue weighted by molar-refractivity contribution is 0.622. The van der Waals surface area contributed by atoms with Gasteiger partial charge in [0.05, 0.1) is 12.4 Å². The Bertz CT molecular complexity index is 831. The van der Waals surface area contributed by atoms with E-state index in [2.05, 4.69) is 34.7 Å². The first-order valence-electron chi connectivity index (χ1n) is 9.06. The second-order valence-electron chi connectivity index (χ2n) is 7.06. The Kier molecular flexibility index (Phi) is 4.39. The molecule has 0 aliphatic heterocycles. The van der Waals surface area contributed by atoms with Crippen LogP contribution in [0.2, 0.25) is 0 Å². The molecule has 0 bridgehead atoms. The maximum atomic E-state index is 13.4. The molecule has 1 saturated carbocycles. The fourth-order valence-electron chi connectivity index (χ4n) is 4.10. The van der Waals surface area contributed by atoms with Crippen molar-refractivity contribution < 1.29 is 4.39 Å². The molecule has 0 saturated heterocycles. The first-order chi connectivity index (χ1) is 12.2. The minimum absolute atomic E-state index is 0.0146. The number of halogens is 1. The molecule has 1 aliphatic carbocycles. The van der Waals surface area contributed by atoms with Gasteiger partial charge in [-0.15, -0.1) is 0 Å². The van der Waals surface area contributed by atoms with E-state index in [0.717, 1.165) is 5.56 Å². The lowest BCUT2D eigenvalue weighted by Gasteiger charge is -2.23. The summed E-state index contributed by atoms with van der Waals surface area (Å²) < 4.78 is 15.5. The van der Waals surface area contributed by atoms with Crippen LogP contribution in [0.3, 0.4) is 0 Å². The van der Waals surface area contributed by atoms with E-state index in [9.17, 15) is 4.39 Å². The van der Waals surface area contributed by atoms with Gasteiger partial charge in [-0.1, -0.05) is 43.2 Å². The van der Waals surface area contributed by atoms with Gasteiger partial charge in [0, 0.05) is 12.4 Å². The summed E-state index contributed by atoms with van der Waals surface area (Å²) in [4.78, 5) is 4.21. The van der Waals surface area contributed by atoms with Crippen molar-refractivity contribution in [2.75, 3.05) is 0 Å². The predicted octanol–water partition coefficient (Wildman–Crippen LogP) is 5.63. The number of benzene rings is 2. The standard InChI is InChI=1S/C22H23FN2/c1-16-14-19(17-4-2-3-5-17)8-11-21(16)22(25-13-12-24-15-25)18-6-9-20(23)10-7-18/h6-15,17,22H,2-5H2,1H3. The van der Waals surface area contributed by atoms with Crippen molar-refractivity contribution in [3.8, 4) is 0 Å². The van der Waals surface area contributed by atoms with Crippen molar-refractivity contribution in [1.82, 2.24) is 9.55 Å². The number of hydrogen-bond donors (Lipinski definition) is 0. The van der Waals surface area contributed by atoms with Crippen LogP contribution in [0.4, 0.5) is 4.39 Å². The van der Waals surface area contributed by atoms with E-state index >= 15 is 0 Å². The Morgan fingerprint density at radius 3 is 2.48 bits per heavy atom. The molecule has 3 heteroatoms. The summed E-state index contributed by atoms with van der Waals surface area (Å²) in [6.07, 6.45) is 10.9. The number of nitrogens with zero attached hydrogens (tertiary/aromatic N) is 2. The maximum Gasteiger partial charge on any atom is 0.123 e. The average molecular weight is 334 g/mol. The quantitative estimate of drug-likeness (QED) is 0.605. The normalized spacial score (nSPS) is 16.2. The molecule has 1 aromatic heterocycles. The molecule has 0 N–H and O–H groups in total. The summed E-state index contributed by atoms with van der Waals surface area (Å²) in [6, 6.07) is 13.7. The van der Waals surface area contributed by atoms with Crippen molar-refractivity contribution >= 4 is 0 Å². The Morgan fingerprint density at radius 2 is 1.84 bits per heavy atom. The number of aromatic nitrogens is 2. The fourth-order valence-corrected chi connectivity index (χ4v) is 4.10. The third-order valence-electron chi connectivity index (χ3n) is 5.42. The summed E-state index contributed by atoms with van der Waals surface area (Å²) in [5.74, 6) is 0.506. The SMILES string of the molecule is Cc1cc(C2CCCC2)ccc1C(c1ccc(F)cc1)n1ccnc1. The van der Waals surface area contributed by atoms with Crippen LogP contribution in [0.1, 0.15) is 59.9 Å². The first kappa shape index (κ1) is 16.1. The van der Waals surface area contributed by atoms with Gasteiger partial charge in [-0.05, 0) is 60.1 Å². The van der Waals surface area contributed by atoms with Crippen LogP contribution in [0.25, 0.3) is 0 Å². The molecule has 1 aliphatic rings. The maximum absolute atomic E-state index is 13.4. The van der Waals surface area contributed by atoms with Crippen molar-refractivity contribution in [3.05, 3.63) is 89.3 Å². The molecule has 2 aromatic carbocycles. The second-order valence-corrected chi connectivity index (χ2v) is 7.06. The minimum Gasteiger partial charge on any atom is -0.326 e. The number of imidazole rings is 1. The van der Waals surface area contributed by atoms with Crippen LogP contribution in [-0.2, 0) is 0 Å². The Morgan fingerprint density at radius 1 is 1.08 bits per heavy atom. The Labute approximate surface area is 148 Å². The summed E-state index contributed by atoms with van der Waals surface area (Å²) in [7, 11) is 0. The molecule has 1 fully saturated rings. The van der Waals surface area contributed by atoms with Crippen LogP contribution < -0.4 is 0 Å². The molecule has 1 heterocycles. The lowest BCUT2D eigenvalue weighted by atomic mass is 9.89. The van der Waals surface area contributed by atoms with E-state index in [0.29, 0.717) is 5.92 Å². The molecule has 4 rings (SSSR count). The van der Waals surface area contributed by atoms with Crippen LogP contribution in [-0.4, -0.2) is 9.55 Å². The highest BCUT2D eigenvalue weighted by atomic mass is 19.1. The highest BCUT2D eigenvalue weighted by Gasteiger charge is 2.21. The fraction of sp³-hybridized carbons (Fsp3) is 0.318. The van der Waals surface area contributed by atoms with Gasteiger partial charge in [0.1, 0.15) is 5.82 Å². The summed E-state index contributed by atoms with van der Waals surface area (Å²) in [5, 5.41) is 0. The van der Waals surface area contributed by atoms with E-state index in [1.54, 1.807) is 6.20 Å². The topological polar surface area (TPSA) is 17.8 Å². The van der Waals surface area contributed by atoms with Crippen molar-refractivity contribution in [1.29, 1.82) is 0 Å². The van der Waals surface area contributed by atoms with Crippen molar-refractivity contribution in [2.45, 2.75) is 44.6 Å². The number of aryl methyl sites for hydroxylation is 1. The highest BCUT2D eigenvalue weighted by Crippen LogP contribution is 2.36. The molecule has 25 heavy (non-hydrogen) atoms. The van der Waals surface area contributed by atoms with Gasteiger partial charge < -0.3 is 4.57 Å².